The van der Waals surface area contributed by atoms with E-state index in [1.807, 2.05) is 19.1 Å². The van der Waals surface area contributed by atoms with Gasteiger partial charge in [0.25, 0.3) is 0 Å². The number of nitrogens with one attached hydrogen (secondary N) is 1. The Labute approximate surface area is 71.5 Å². The highest BCUT2D eigenvalue weighted by atomic mass is 16.5. The first-order chi connectivity index (χ1) is 5.77. The largest absolute Gasteiger partial charge is 0.487 e. The molecule has 0 atom stereocenters. The molecule has 12 heavy (non-hydrogen) atoms. The van der Waals surface area contributed by atoms with Gasteiger partial charge in [-0.1, -0.05) is 0 Å². The number of nitrogens with two attached hydrogens (primary N) is 1. The van der Waals surface area contributed by atoms with E-state index >= 15 is 0 Å². The van der Waals surface area contributed by atoms with E-state index < -0.39 is 0 Å². The molecular weight excluding hydrogens is 152 g/mol. The number of hydrogen-bond donors (Lipinski definition) is 2. The Morgan fingerprint density at radius 1 is 1.50 bits per heavy atom. The van der Waals surface area contributed by atoms with Crippen molar-refractivity contribution in [3.63, 3.8) is 0 Å². The first-order valence-corrected chi connectivity index (χ1v) is 4.04. The lowest BCUT2D eigenvalue weighted by Crippen LogP contribution is -2.19. The second-order valence-electron chi connectivity index (χ2n) is 3.01. The topological polar surface area (TPSA) is 47.3 Å². The molecule has 1 aromatic carbocycles. The van der Waals surface area contributed by atoms with Gasteiger partial charge in [0.1, 0.15) is 6.61 Å². The van der Waals surface area contributed by atoms with E-state index in [1.54, 1.807) is 0 Å². The Bertz CT molecular complexity index is 310. The minimum Gasteiger partial charge on any atom is -0.487 e. The zero-order valence-corrected chi connectivity index (χ0v) is 7.05. The highest BCUT2D eigenvalue weighted by Crippen LogP contribution is 2.34. The summed E-state index contributed by atoms with van der Waals surface area (Å²) in [5.74, 6) is 0.798. The highest BCUT2D eigenvalue weighted by Gasteiger charge is 2.12. The van der Waals surface area contributed by atoms with Gasteiger partial charge in [-0.3, -0.25) is 0 Å². The molecule has 1 aromatic rings. The van der Waals surface area contributed by atoms with Crippen molar-refractivity contribution < 1.29 is 4.74 Å². The molecule has 0 fully saturated rings. The number of hydrogen-bond acceptors (Lipinski definition) is 3. The smallest absolute Gasteiger partial charge is 0.165 e. The maximum atomic E-state index is 5.78. The van der Waals surface area contributed by atoms with Crippen molar-refractivity contribution in [1.29, 1.82) is 0 Å². The van der Waals surface area contributed by atoms with Crippen molar-refractivity contribution >= 4 is 11.4 Å². The van der Waals surface area contributed by atoms with Gasteiger partial charge >= 0.3 is 0 Å². The second-order valence-corrected chi connectivity index (χ2v) is 3.01. The van der Waals surface area contributed by atoms with E-state index in [4.69, 9.17) is 10.5 Å². The van der Waals surface area contributed by atoms with Gasteiger partial charge < -0.3 is 15.8 Å². The van der Waals surface area contributed by atoms with Crippen LogP contribution in [-0.2, 0) is 0 Å². The molecule has 0 saturated carbocycles. The van der Waals surface area contributed by atoms with Crippen LogP contribution in [0, 0.1) is 6.92 Å². The molecule has 2 rings (SSSR count). The molecule has 1 aliphatic rings. The Balaban J connectivity index is 2.53. The molecule has 3 heteroatoms. The molecule has 0 aliphatic carbocycles. The van der Waals surface area contributed by atoms with Crippen LogP contribution < -0.4 is 15.8 Å². The minimum atomic E-state index is 0.695. The molecular formula is C9H12N2O. The van der Waals surface area contributed by atoms with E-state index in [2.05, 4.69) is 5.32 Å². The summed E-state index contributed by atoms with van der Waals surface area (Å²) in [6.45, 7) is 3.57. The van der Waals surface area contributed by atoms with Gasteiger partial charge in [0.2, 0.25) is 0 Å². The number of fused-ring (bicyclic) bond motifs is 1. The van der Waals surface area contributed by atoms with Gasteiger partial charge in [-0.15, -0.1) is 0 Å². The van der Waals surface area contributed by atoms with E-state index in [0.717, 1.165) is 29.2 Å². The summed E-state index contributed by atoms with van der Waals surface area (Å²) in [7, 11) is 0. The Morgan fingerprint density at radius 3 is 3.17 bits per heavy atom. The van der Waals surface area contributed by atoms with Crippen LogP contribution in [-0.4, -0.2) is 13.2 Å². The molecule has 0 radical (unpaired) electrons. The van der Waals surface area contributed by atoms with Gasteiger partial charge in [-0.25, -0.2) is 0 Å². The predicted molar refractivity (Wildman–Crippen MR) is 49.6 cm³/mol. The van der Waals surface area contributed by atoms with Crippen LogP contribution in [0.3, 0.4) is 0 Å². The molecule has 3 N–H and O–H groups in total. The fourth-order valence-corrected chi connectivity index (χ4v) is 1.43. The van der Waals surface area contributed by atoms with Gasteiger partial charge in [0, 0.05) is 6.54 Å². The lowest BCUT2D eigenvalue weighted by Gasteiger charge is -2.20. The van der Waals surface area contributed by atoms with Gasteiger partial charge in [-0.2, -0.15) is 0 Å². The zero-order valence-electron chi connectivity index (χ0n) is 7.05. The van der Waals surface area contributed by atoms with E-state index in [9.17, 15) is 0 Å². The van der Waals surface area contributed by atoms with Crippen LogP contribution in [0.4, 0.5) is 11.4 Å². The quantitative estimate of drug-likeness (QED) is 0.569. The predicted octanol–water partition coefficient (Wildman–Crippen LogP) is 1.38. The Kier molecular flexibility index (Phi) is 1.57. The number of ether oxygens (including phenoxy) is 1. The summed E-state index contributed by atoms with van der Waals surface area (Å²) in [5.41, 5.74) is 8.67. The maximum absolute atomic E-state index is 5.78. The standard InChI is InChI=1S/C9H12N2O/c1-6-4-7(10)9-8(5-6)11-2-3-12-9/h4-5,11H,2-3,10H2,1H3. The van der Waals surface area contributed by atoms with Crippen LogP contribution >= 0.6 is 0 Å². The lowest BCUT2D eigenvalue weighted by molar-refractivity contribution is 0.325. The second kappa shape index (κ2) is 2.59. The van der Waals surface area contributed by atoms with Crippen LogP contribution in [0.15, 0.2) is 12.1 Å². The van der Waals surface area contributed by atoms with Crippen molar-refractivity contribution in [1.82, 2.24) is 0 Å². The van der Waals surface area contributed by atoms with Crippen molar-refractivity contribution in [3.05, 3.63) is 17.7 Å². The monoisotopic (exact) mass is 164 g/mol. The minimum absolute atomic E-state index is 0.695. The van der Waals surface area contributed by atoms with Crippen molar-refractivity contribution in [2.24, 2.45) is 0 Å². The number of rotatable bonds is 0. The third-order valence-corrected chi connectivity index (χ3v) is 1.93. The van der Waals surface area contributed by atoms with Crippen molar-refractivity contribution in [3.8, 4) is 5.75 Å². The molecule has 64 valence electrons. The maximum Gasteiger partial charge on any atom is 0.165 e. The Hall–Kier alpha value is -1.38. The first-order valence-electron chi connectivity index (χ1n) is 4.04. The molecule has 3 nitrogen and oxygen atoms in total. The average Bonchev–Trinajstić information content (AvgIpc) is 2.04. The number of benzene rings is 1. The summed E-state index contributed by atoms with van der Waals surface area (Å²) >= 11 is 0. The first kappa shape index (κ1) is 7.28. The molecule has 0 unspecified atom stereocenters. The van der Waals surface area contributed by atoms with Crippen LogP contribution in [0.25, 0.3) is 0 Å². The van der Waals surface area contributed by atoms with Gasteiger partial charge in [-0.05, 0) is 24.6 Å². The van der Waals surface area contributed by atoms with Crippen LogP contribution in [0.1, 0.15) is 5.56 Å². The molecule has 1 heterocycles. The fourth-order valence-electron chi connectivity index (χ4n) is 1.43. The summed E-state index contributed by atoms with van der Waals surface area (Å²) in [5, 5.41) is 3.24. The van der Waals surface area contributed by atoms with E-state index in [-0.39, 0.29) is 0 Å². The van der Waals surface area contributed by atoms with Gasteiger partial charge in [0.15, 0.2) is 5.75 Å². The van der Waals surface area contributed by atoms with Gasteiger partial charge in [0.05, 0.1) is 11.4 Å². The molecule has 0 bridgehead atoms. The fraction of sp³-hybridized carbons (Fsp3) is 0.333. The summed E-state index contributed by atoms with van der Waals surface area (Å²) in [6.07, 6.45) is 0. The number of aryl methyl sites for hydroxylation is 1. The third kappa shape index (κ3) is 1.07. The average molecular weight is 164 g/mol. The van der Waals surface area contributed by atoms with Crippen molar-refractivity contribution in [2.45, 2.75) is 6.92 Å². The van der Waals surface area contributed by atoms with E-state index in [1.165, 1.54) is 0 Å². The molecule has 0 saturated heterocycles. The SMILES string of the molecule is Cc1cc(N)c2c(c1)NCCO2. The summed E-state index contributed by atoms with van der Waals surface area (Å²) in [6, 6.07) is 3.97. The lowest BCUT2D eigenvalue weighted by atomic mass is 10.1. The Morgan fingerprint density at radius 2 is 2.33 bits per heavy atom. The van der Waals surface area contributed by atoms with Crippen LogP contribution in [0.5, 0.6) is 5.75 Å². The summed E-state index contributed by atoms with van der Waals surface area (Å²) < 4.78 is 5.42. The van der Waals surface area contributed by atoms with Crippen LogP contribution in [0.2, 0.25) is 0 Å². The normalized spacial score (nSPS) is 14.4. The molecule has 0 amide bonds. The number of nitrogen functional groups attached to an aromatic ring is 1. The van der Waals surface area contributed by atoms with Crippen molar-refractivity contribution in [2.75, 3.05) is 24.2 Å². The number of anilines is 2. The molecule has 0 spiro atoms. The summed E-state index contributed by atoms with van der Waals surface area (Å²) in [4.78, 5) is 0. The molecule has 0 aromatic heterocycles. The third-order valence-electron chi connectivity index (χ3n) is 1.93. The molecule has 1 aliphatic heterocycles. The highest BCUT2D eigenvalue weighted by molar-refractivity contribution is 5.71. The zero-order chi connectivity index (χ0) is 8.55. The van der Waals surface area contributed by atoms with E-state index in [0.29, 0.717) is 6.61 Å².